The number of thioether (sulfide) groups is 2. The number of benzene rings is 2. The van der Waals surface area contributed by atoms with Crippen molar-refractivity contribution in [2.45, 2.75) is 12.1 Å². The van der Waals surface area contributed by atoms with Crippen molar-refractivity contribution in [2.24, 2.45) is 0 Å². The predicted octanol–water partition coefficient (Wildman–Crippen LogP) is 3.66. The van der Waals surface area contributed by atoms with E-state index in [1.807, 2.05) is 41.8 Å². The average Bonchev–Trinajstić information content (AvgIpc) is 3.33. The lowest BCUT2D eigenvalue weighted by atomic mass is 10.2. The SMILES string of the molecule is Cc1nnc(SCC(=O)NCCN2C(=O)S/C(=C/c3ccccc3F)C2=O)n1-c1ccccc1. The highest BCUT2D eigenvalue weighted by Crippen LogP contribution is 2.32. The van der Waals surface area contributed by atoms with E-state index in [0.29, 0.717) is 11.0 Å². The zero-order valence-corrected chi connectivity index (χ0v) is 19.7. The van der Waals surface area contributed by atoms with E-state index in [4.69, 9.17) is 0 Å². The van der Waals surface area contributed by atoms with Crippen LogP contribution in [0.5, 0.6) is 0 Å². The highest BCUT2D eigenvalue weighted by molar-refractivity contribution is 8.18. The number of halogens is 1. The molecule has 0 bridgehead atoms. The Bertz CT molecular complexity index is 1260. The molecule has 1 aliphatic rings. The Labute approximate surface area is 203 Å². The van der Waals surface area contributed by atoms with Gasteiger partial charge in [0.2, 0.25) is 5.91 Å². The molecule has 1 saturated heterocycles. The van der Waals surface area contributed by atoms with Gasteiger partial charge in [-0.25, -0.2) is 4.39 Å². The second-order valence-electron chi connectivity index (χ2n) is 7.19. The van der Waals surface area contributed by atoms with Crippen molar-refractivity contribution in [3.63, 3.8) is 0 Å². The molecule has 11 heteroatoms. The summed E-state index contributed by atoms with van der Waals surface area (Å²) < 4.78 is 15.7. The van der Waals surface area contributed by atoms with Crippen LogP contribution in [0.15, 0.2) is 64.7 Å². The Hall–Kier alpha value is -3.44. The number of nitrogens with one attached hydrogen (secondary N) is 1. The fourth-order valence-electron chi connectivity index (χ4n) is 3.23. The van der Waals surface area contributed by atoms with Gasteiger partial charge in [0.25, 0.3) is 11.1 Å². The first-order valence-corrected chi connectivity index (χ1v) is 12.1. The quantitative estimate of drug-likeness (QED) is 0.375. The number of carbonyl (C=O) groups is 3. The summed E-state index contributed by atoms with van der Waals surface area (Å²) in [6.07, 6.45) is 1.36. The summed E-state index contributed by atoms with van der Waals surface area (Å²) in [4.78, 5) is 38.3. The largest absolute Gasteiger partial charge is 0.354 e. The molecule has 1 fully saturated rings. The second kappa shape index (κ2) is 10.7. The van der Waals surface area contributed by atoms with Crippen LogP contribution >= 0.6 is 23.5 Å². The predicted molar refractivity (Wildman–Crippen MR) is 129 cm³/mol. The van der Waals surface area contributed by atoms with E-state index in [2.05, 4.69) is 15.5 Å². The molecule has 2 heterocycles. The lowest BCUT2D eigenvalue weighted by Crippen LogP contribution is -2.37. The van der Waals surface area contributed by atoms with E-state index in [9.17, 15) is 18.8 Å². The van der Waals surface area contributed by atoms with E-state index in [0.717, 1.165) is 22.3 Å². The van der Waals surface area contributed by atoms with Crippen molar-refractivity contribution >= 4 is 46.7 Å². The summed E-state index contributed by atoms with van der Waals surface area (Å²) in [6, 6.07) is 15.6. The third-order valence-electron chi connectivity index (χ3n) is 4.86. The number of carbonyl (C=O) groups excluding carboxylic acids is 3. The number of para-hydroxylation sites is 1. The molecule has 0 atom stereocenters. The Kier molecular flexibility index (Phi) is 7.43. The van der Waals surface area contributed by atoms with Gasteiger partial charge in [0, 0.05) is 24.3 Å². The normalized spacial score (nSPS) is 14.8. The van der Waals surface area contributed by atoms with Crippen LogP contribution in [0.4, 0.5) is 9.18 Å². The lowest BCUT2D eigenvalue weighted by Gasteiger charge is -2.13. The number of hydrogen-bond donors (Lipinski definition) is 1. The van der Waals surface area contributed by atoms with E-state index < -0.39 is 17.0 Å². The van der Waals surface area contributed by atoms with Crippen molar-refractivity contribution in [1.29, 1.82) is 0 Å². The summed E-state index contributed by atoms with van der Waals surface area (Å²) in [5, 5.41) is 11.1. The van der Waals surface area contributed by atoms with E-state index >= 15 is 0 Å². The van der Waals surface area contributed by atoms with Gasteiger partial charge in [-0.2, -0.15) is 0 Å². The Morgan fingerprint density at radius 1 is 1.12 bits per heavy atom. The van der Waals surface area contributed by atoms with Crippen LogP contribution in [-0.2, 0) is 9.59 Å². The molecule has 0 unspecified atom stereocenters. The Morgan fingerprint density at radius 3 is 2.62 bits per heavy atom. The number of rotatable bonds is 8. The van der Waals surface area contributed by atoms with Gasteiger partial charge < -0.3 is 5.32 Å². The van der Waals surface area contributed by atoms with Crippen molar-refractivity contribution in [3.8, 4) is 5.69 Å². The molecule has 1 N–H and O–H groups in total. The molecular weight excluding hydrogens is 477 g/mol. The molecule has 3 amide bonds. The Balaban J connectivity index is 1.29. The van der Waals surface area contributed by atoms with Gasteiger partial charge in [-0.15, -0.1) is 10.2 Å². The van der Waals surface area contributed by atoms with Crippen molar-refractivity contribution < 1.29 is 18.8 Å². The van der Waals surface area contributed by atoms with Crippen molar-refractivity contribution in [3.05, 3.63) is 76.7 Å². The molecule has 0 aliphatic carbocycles. The number of aryl methyl sites for hydroxylation is 1. The van der Waals surface area contributed by atoms with E-state index in [1.54, 1.807) is 12.1 Å². The van der Waals surface area contributed by atoms with Crippen molar-refractivity contribution in [1.82, 2.24) is 25.0 Å². The maximum absolute atomic E-state index is 13.9. The van der Waals surface area contributed by atoms with Crippen LogP contribution in [0.2, 0.25) is 0 Å². The molecule has 1 aromatic heterocycles. The molecule has 0 spiro atoms. The molecule has 4 rings (SSSR count). The average molecular weight is 498 g/mol. The molecule has 1 aliphatic heterocycles. The highest BCUT2D eigenvalue weighted by atomic mass is 32.2. The maximum atomic E-state index is 13.9. The lowest BCUT2D eigenvalue weighted by molar-refractivity contribution is -0.123. The summed E-state index contributed by atoms with van der Waals surface area (Å²) in [5.41, 5.74) is 1.13. The van der Waals surface area contributed by atoms with Crippen LogP contribution in [0.3, 0.4) is 0 Å². The fourth-order valence-corrected chi connectivity index (χ4v) is 4.91. The number of nitrogens with zero attached hydrogens (tertiary/aromatic N) is 4. The van der Waals surface area contributed by atoms with Gasteiger partial charge in [0.1, 0.15) is 11.6 Å². The molecule has 174 valence electrons. The zero-order valence-electron chi connectivity index (χ0n) is 18.1. The first-order valence-electron chi connectivity index (χ1n) is 10.3. The third-order valence-corrected chi connectivity index (χ3v) is 6.70. The monoisotopic (exact) mass is 497 g/mol. The van der Waals surface area contributed by atoms with Gasteiger partial charge in [0.15, 0.2) is 5.16 Å². The van der Waals surface area contributed by atoms with Gasteiger partial charge in [-0.1, -0.05) is 48.2 Å². The zero-order chi connectivity index (χ0) is 24.1. The minimum atomic E-state index is -0.506. The molecule has 3 aromatic rings. The topological polar surface area (TPSA) is 97.2 Å². The van der Waals surface area contributed by atoms with Crippen LogP contribution in [0, 0.1) is 12.7 Å². The smallest absolute Gasteiger partial charge is 0.293 e. The van der Waals surface area contributed by atoms with E-state index in [-0.39, 0.29) is 35.2 Å². The molecule has 8 nitrogen and oxygen atoms in total. The maximum Gasteiger partial charge on any atom is 0.293 e. The van der Waals surface area contributed by atoms with E-state index in [1.165, 1.54) is 30.0 Å². The Morgan fingerprint density at radius 2 is 1.85 bits per heavy atom. The van der Waals surface area contributed by atoms with Gasteiger partial charge in [-0.05, 0) is 43.0 Å². The third kappa shape index (κ3) is 5.37. The first-order chi connectivity index (χ1) is 16.4. The minimum Gasteiger partial charge on any atom is -0.354 e. The standard InChI is InChI=1S/C23H20FN5O3S2/c1-15-26-27-22(29(15)17-8-3-2-4-9-17)33-14-20(30)25-11-12-28-21(31)19(34-23(28)32)13-16-7-5-6-10-18(16)24/h2-10,13H,11-12,14H2,1H3,(H,25,30)/b19-13+. The fraction of sp³-hybridized carbons (Fsp3) is 0.174. The van der Waals surface area contributed by atoms with Crippen molar-refractivity contribution in [2.75, 3.05) is 18.8 Å². The van der Waals surface area contributed by atoms with Gasteiger partial charge >= 0.3 is 0 Å². The number of aromatic nitrogens is 3. The summed E-state index contributed by atoms with van der Waals surface area (Å²) in [7, 11) is 0. The summed E-state index contributed by atoms with van der Waals surface area (Å²) in [5.74, 6) is -0.443. The first kappa shape index (κ1) is 23.7. The molecule has 0 saturated carbocycles. The van der Waals surface area contributed by atoms with Gasteiger partial charge in [0.05, 0.1) is 10.7 Å². The summed E-state index contributed by atoms with van der Waals surface area (Å²) >= 11 is 1.99. The molecule has 2 aromatic carbocycles. The van der Waals surface area contributed by atoms with Gasteiger partial charge in [-0.3, -0.25) is 23.9 Å². The summed E-state index contributed by atoms with van der Waals surface area (Å²) in [6.45, 7) is 1.96. The highest BCUT2D eigenvalue weighted by Gasteiger charge is 2.34. The van der Waals surface area contributed by atoms with Crippen LogP contribution in [0.25, 0.3) is 11.8 Å². The molecule has 0 radical (unpaired) electrons. The number of hydrogen-bond acceptors (Lipinski definition) is 7. The number of amides is 3. The second-order valence-corrected chi connectivity index (χ2v) is 9.13. The number of imide groups is 1. The molecular formula is C23H20FN5O3S2. The minimum absolute atomic E-state index is 0.0228. The molecule has 34 heavy (non-hydrogen) atoms. The van der Waals surface area contributed by atoms with Crippen LogP contribution < -0.4 is 5.32 Å². The van der Waals surface area contributed by atoms with Crippen LogP contribution in [0.1, 0.15) is 11.4 Å². The van der Waals surface area contributed by atoms with Crippen LogP contribution in [-0.4, -0.2) is 55.6 Å².